The minimum absolute atomic E-state index is 0.180. The summed E-state index contributed by atoms with van der Waals surface area (Å²) >= 11 is 0. The highest BCUT2D eigenvalue weighted by atomic mass is 16.5. The van der Waals surface area contributed by atoms with Crippen molar-refractivity contribution in [3.05, 3.63) is 71.3 Å². The van der Waals surface area contributed by atoms with Gasteiger partial charge in [-0.2, -0.15) is 0 Å². The maximum absolute atomic E-state index is 11.2. The van der Waals surface area contributed by atoms with Gasteiger partial charge in [0.05, 0.1) is 13.2 Å². The number of carbonyl (C=O) groups is 1. The monoisotopic (exact) mass is 284 g/mol. The molecule has 0 fully saturated rings. The van der Waals surface area contributed by atoms with Crippen LogP contribution in [0.25, 0.3) is 0 Å². The standard InChI is InChI=1S/C17H20N2O2/c1-18-17(20)19-11-15-8-5-9-16(10-15)13-21-12-14-6-3-2-4-7-14/h2-10H,11-13H2,1H3,(H2,18,19,20). The Labute approximate surface area is 125 Å². The summed E-state index contributed by atoms with van der Waals surface area (Å²) in [7, 11) is 1.60. The molecule has 2 rings (SSSR count). The van der Waals surface area contributed by atoms with Crippen molar-refractivity contribution in [2.45, 2.75) is 19.8 Å². The molecule has 0 heterocycles. The van der Waals surface area contributed by atoms with E-state index in [0.717, 1.165) is 16.7 Å². The van der Waals surface area contributed by atoms with Crippen LogP contribution in [0, 0.1) is 0 Å². The Morgan fingerprint density at radius 2 is 1.62 bits per heavy atom. The van der Waals surface area contributed by atoms with Crippen molar-refractivity contribution in [2.24, 2.45) is 0 Å². The third-order valence-corrected chi connectivity index (χ3v) is 3.05. The second kappa shape index (κ2) is 8.07. The number of hydrogen-bond donors (Lipinski definition) is 2. The summed E-state index contributed by atoms with van der Waals surface area (Å²) < 4.78 is 5.71. The average Bonchev–Trinajstić information content (AvgIpc) is 2.54. The highest BCUT2D eigenvalue weighted by Gasteiger charge is 2.00. The van der Waals surface area contributed by atoms with Crippen LogP contribution in [0.2, 0.25) is 0 Å². The minimum Gasteiger partial charge on any atom is -0.372 e. The van der Waals surface area contributed by atoms with Crippen LogP contribution in [0.15, 0.2) is 54.6 Å². The van der Waals surface area contributed by atoms with Crippen molar-refractivity contribution in [1.82, 2.24) is 10.6 Å². The number of rotatable bonds is 6. The Morgan fingerprint density at radius 3 is 2.38 bits per heavy atom. The fraction of sp³-hybridized carbons (Fsp3) is 0.235. The summed E-state index contributed by atoms with van der Waals surface area (Å²) in [6.07, 6.45) is 0. The van der Waals surface area contributed by atoms with Gasteiger partial charge in [0.1, 0.15) is 0 Å². The van der Waals surface area contributed by atoms with E-state index in [-0.39, 0.29) is 6.03 Å². The first kappa shape index (κ1) is 15.1. The molecule has 0 atom stereocenters. The van der Waals surface area contributed by atoms with Gasteiger partial charge in [-0.05, 0) is 16.7 Å². The largest absolute Gasteiger partial charge is 0.372 e. The van der Waals surface area contributed by atoms with Gasteiger partial charge < -0.3 is 15.4 Å². The van der Waals surface area contributed by atoms with E-state index in [1.54, 1.807) is 7.05 Å². The Morgan fingerprint density at radius 1 is 0.952 bits per heavy atom. The molecule has 0 saturated carbocycles. The molecule has 0 unspecified atom stereocenters. The van der Waals surface area contributed by atoms with E-state index in [2.05, 4.69) is 10.6 Å². The molecule has 0 bridgehead atoms. The lowest BCUT2D eigenvalue weighted by Crippen LogP contribution is -2.32. The zero-order valence-electron chi connectivity index (χ0n) is 12.1. The molecule has 110 valence electrons. The fourth-order valence-electron chi connectivity index (χ4n) is 1.96. The van der Waals surface area contributed by atoms with Gasteiger partial charge in [0.2, 0.25) is 0 Å². The summed E-state index contributed by atoms with van der Waals surface area (Å²) in [6, 6.07) is 17.9. The van der Waals surface area contributed by atoms with E-state index in [9.17, 15) is 4.79 Å². The van der Waals surface area contributed by atoms with E-state index >= 15 is 0 Å². The normalized spacial score (nSPS) is 10.1. The number of benzene rings is 2. The maximum Gasteiger partial charge on any atom is 0.314 e. The van der Waals surface area contributed by atoms with E-state index < -0.39 is 0 Å². The van der Waals surface area contributed by atoms with Crippen molar-refractivity contribution < 1.29 is 9.53 Å². The van der Waals surface area contributed by atoms with Crippen LogP contribution in [0.5, 0.6) is 0 Å². The Bertz CT molecular complexity index is 570. The average molecular weight is 284 g/mol. The highest BCUT2D eigenvalue weighted by Crippen LogP contribution is 2.08. The Kier molecular flexibility index (Phi) is 5.79. The number of carbonyl (C=O) groups excluding carboxylic acids is 1. The first-order chi connectivity index (χ1) is 10.3. The molecule has 2 aromatic rings. The highest BCUT2D eigenvalue weighted by molar-refractivity contribution is 5.73. The van der Waals surface area contributed by atoms with Crippen molar-refractivity contribution in [1.29, 1.82) is 0 Å². The molecule has 0 spiro atoms. The van der Waals surface area contributed by atoms with Crippen LogP contribution >= 0.6 is 0 Å². The first-order valence-corrected chi connectivity index (χ1v) is 6.93. The van der Waals surface area contributed by atoms with E-state index in [1.165, 1.54) is 0 Å². The van der Waals surface area contributed by atoms with E-state index in [1.807, 2.05) is 54.6 Å². The molecule has 2 amide bonds. The lowest BCUT2D eigenvalue weighted by Gasteiger charge is -2.08. The second-order valence-corrected chi connectivity index (χ2v) is 4.73. The number of urea groups is 1. The summed E-state index contributed by atoms with van der Waals surface area (Å²) in [5.74, 6) is 0. The topological polar surface area (TPSA) is 50.4 Å². The summed E-state index contributed by atoms with van der Waals surface area (Å²) in [5.41, 5.74) is 3.32. The van der Waals surface area contributed by atoms with E-state index in [0.29, 0.717) is 19.8 Å². The van der Waals surface area contributed by atoms with Gasteiger partial charge in [0, 0.05) is 13.6 Å². The molecule has 0 radical (unpaired) electrons. The first-order valence-electron chi connectivity index (χ1n) is 6.93. The molecular formula is C17H20N2O2. The molecule has 2 N–H and O–H groups in total. The zero-order chi connectivity index (χ0) is 14.9. The van der Waals surface area contributed by atoms with Crippen LogP contribution in [0.1, 0.15) is 16.7 Å². The summed E-state index contributed by atoms with van der Waals surface area (Å²) in [6.45, 7) is 1.66. The maximum atomic E-state index is 11.2. The van der Waals surface area contributed by atoms with Crippen LogP contribution in [0.3, 0.4) is 0 Å². The summed E-state index contributed by atoms with van der Waals surface area (Å²) in [4.78, 5) is 11.2. The molecule has 0 aliphatic carbocycles. The minimum atomic E-state index is -0.180. The molecule has 2 aromatic carbocycles. The lowest BCUT2D eigenvalue weighted by molar-refractivity contribution is 0.107. The van der Waals surface area contributed by atoms with Crippen LogP contribution < -0.4 is 10.6 Å². The molecule has 0 aromatic heterocycles. The molecule has 4 nitrogen and oxygen atoms in total. The van der Waals surface area contributed by atoms with Crippen LogP contribution in [-0.2, 0) is 24.5 Å². The van der Waals surface area contributed by atoms with Gasteiger partial charge in [-0.3, -0.25) is 0 Å². The molecule has 4 heteroatoms. The van der Waals surface area contributed by atoms with Crippen LogP contribution in [-0.4, -0.2) is 13.1 Å². The second-order valence-electron chi connectivity index (χ2n) is 4.73. The van der Waals surface area contributed by atoms with Crippen molar-refractivity contribution in [3.8, 4) is 0 Å². The zero-order valence-corrected chi connectivity index (χ0v) is 12.1. The lowest BCUT2D eigenvalue weighted by atomic mass is 10.1. The SMILES string of the molecule is CNC(=O)NCc1cccc(COCc2ccccc2)c1. The predicted octanol–water partition coefficient (Wildman–Crippen LogP) is 2.83. The predicted molar refractivity (Wildman–Crippen MR) is 82.7 cm³/mol. The quantitative estimate of drug-likeness (QED) is 0.857. The van der Waals surface area contributed by atoms with Crippen molar-refractivity contribution in [2.75, 3.05) is 7.05 Å². The van der Waals surface area contributed by atoms with Crippen molar-refractivity contribution >= 4 is 6.03 Å². The van der Waals surface area contributed by atoms with Crippen LogP contribution in [0.4, 0.5) is 4.79 Å². The van der Waals surface area contributed by atoms with E-state index in [4.69, 9.17) is 4.74 Å². The Balaban J connectivity index is 1.82. The van der Waals surface area contributed by atoms with Gasteiger partial charge in [-0.15, -0.1) is 0 Å². The molecule has 0 aliphatic rings. The number of amides is 2. The number of nitrogens with one attached hydrogen (secondary N) is 2. The Hall–Kier alpha value is -2.33. The summed E-state index contributed by atoms with van der Waals surface area (Å²) in [5, 5.41) is 5.29. The molecule has 21 heavy (non-hydrogen) atoms. The third kappa shape index (κ3) is 5.28. The number of hydrogen-bond acceptors (Lipinski definition) is 2. The molecule has 0 saturated heterocycles. The molecular weight excluding hydrogens is 264 g/mol. The van der Waals surface area contributed by atoms with Gasteiger partial charge in [-0.1, -0.05) is 54.6 Å². The third-order valence-electron chi connectivity index (χ3n) is 3.05. The number of ether oxygens (including phenoxy) is 1. The van der Waals surface area contributed by atoms with Gasteiger partial charge in [0.25, 0.3) is 0 Å². The van der Waals surface area contributed by atoms with Gasteiger partial charge in [0.15, 0.2) is 0 Å². The molecule has 0 aliphatic heterocycles. The van der Waals surface area contributed by atoms with Gasteiger partial charge >= 0.3 is 6.03 Å². The smallest absolute Gasteiger partial charge is 0.314 e. The van der Waals surface area contributed by atoms with Crippen molar-refractivity contribution in [3.63, 3.8) is 0 Å². The fourth-order valence-corrected chi connectivity index (χ4v) is 1.96. The van der Waals surface area contributed by atoms with Gasteiger partial charge in [-0.25, -0.2) is 4.79 Å².